The zero-order chi connectivity index (χ0) is 12.8. The van der Waals surface area contributed by atoms with Crippen LogP contribution in [-0.2, 0) is 6.54 Å². The van der Waals surface area contributed by atoms with Crippen molar-refractivity contribution in [3.63, 3.8) is 0 Å². The zero-order valence-electron chi connectivity index (χ0n) is 10.4. The second-order valence-electron chi connectivity index (χ2n) is 4.18. The minimum atomic E-state index is 0.332. The predicted molar refractivity (Wildman–Crippen MR) is 77.3 cm³/mol. The molecule has 0 saturated heterocycles. The molecule has 0 saturated carbocycles. The lowest BCUT2D eigenvalue weighted by Gasteiger charge is -2.08. The van der Waals surface area contributed by atoms with Crippen LogP contribution in [0.25, 0.3) is 11.3 Å². The van der Waals surface area contributed by atoms with Gasteiger partial charge in [0.05, 0.1) is 5.69 Å². The van der Waals surface area contributed by atoms with Gasteiger partial charge in [-0.1, -0.05) is 30.3 Å². The summed E-state index contributed by atoms with van der Waals surface area (Å²) in [6.07, 6.45) is 6.02. The van der Waals surface area contributed by atoms with Crippen LogP contribution < -0.4 is 5.32 Å². The fraction of sp³-hybridized carbons (Fsp3) is 0.267. The van der Waals surface area contributed by atoms with Gasteiger partial charge in [0.1, 0.15) is 5.01 Å². The standard InChI is InChI=1S/C15H16N2S/c1-3-7-12(2)16-10-15-17-14(11-18-15)13-8-5-4-6-9-13/h1,4-6,8-9,11-12,16H,7,10H2,2H3. The van der Waals surface area contributed by atoms with Crippen molar-refractivity contribution in [3.8, 4) is 23.6 Å². The summed E-state index contributed by atoms with van der Waals surface area (Å²) in [6.45, 7) is 2.87. The van der Waals surface area contributed by atoms with Crippen LogP contribution in [0, 0.1) is 12.3 Å². The van der Waals surface area contributed by atoms with E-state index in [1.54, 1.807) is 11.3 Å². The van der Waals surface area contributed by atoms with Crippen LogP contribution in [0.5, 0.6) is 0 Å². The van der Waals surface area contributed by atoms with Crippen LogP contribution in [0.3, 0.4) is 0 Å². The van der Waals surface area contributed by atoms with Gasteiger partial charge >= 0.3 is 0 Å². The molecule has 1 atom stereocenters. The molecule has 18 heavy (non-hydrogen) atoms. The maximum Gasteiger partial charge on any atom is 0.107 e. The zero-order valence-corrected chi connectivity index (χ0v) is 11.2. The number of hydrogen-bond donors (Lipinski definition) is 1. The van der Waals surface area contributed by atoms with E-state index in [9.17, 15) is 0 Å². The Morgan fingerprint density at radius 3 is 2.89 bits per heavy atom. The maximum atomic E-state index is 5.28. The fourth-order valence-electron chi connectivity index (χ4n) is 1.64. The Bertz CT molecular complexity index is 525. The van der Waals surface area contributed by atoms with Crippen molar-refractivity contribution in [2.75, 3.05) is 0 Å². The highest BCUT2D eigenvalue weighted by molar-refractivity contribution is 7.09. The molecule has 0 aliphatic heterocycles. The van der Waals surface area contributed by atoms with Gasteiger partial charge in [-0.05, 0) is 6.92 Å². The maximum absolute atomic E-state index is 5.28. The largest absolute Gasteiger partial charge is 0.307 e. The minimum Gasteiger partial charge on any atom is -0.307 e. The van der Waals surface area contributed by atoms with Gasteiger partial charge in [-0.3, -0.25) is 0 Å². The van der Waals surface area contributed by atoms with Gasteiger partial charge in [-0.2, -0.15) is 0 Å². The van der Waals surface area contributed by atoms with Crippen molar-refractivity contribution < 1.29 is 0 Å². The summed E-state index contributed by atoms with van der Waals surface area (Å²) < 4.78 is 0. The summed E-state index contributed by atoms with van der Waals surface area (Å²) in [5, 5.41) is 6.56. The molecule has 1 N–H and O–H groups in total. The van der Waals surface area contributed by atoms with E-state index in [-0.39, 0.29) is 0 Å². The highest BCUT2D eigenvalue weighted by Gasteiger charge is 2.05. The summed E-state index contributed by atoms with van der Waals surface area (Å²) in [6, 6.07) is 10.6. The quantitative estimate of drug-likeness (QED) is 0.830. The van der Waals surface area contributed by atoms with Crippen LogP contribution in [0.4, 0.5) is 0 Å². The van der Waals surface area contributed by atoms with Crippen LogP contribution in [-0.4, -0.2) is 11.0 Å². The molecular formula is C15H16N2S. The molecule has 0 amide bonds. The molecule has 1 heterocycles. The minimum absolute atomic E-state index is 0.332. The molecule has 0 bridgehead atoms. The molecule has 0 aliphatic rings. The van der Waals surface area contributed by atoms with Crippen molar-refractivity contribution in [2.24, 2.45) is 0 Å². The Morgan fingerprint density at radius 2 is 2.17 bits per heavy atom. The Morgan fingerprint density at radius 1 is 1.39 bits per heavy atom. The number of terminal acetylenes is 1. The number of thiazole rings is 1. The SMILES string of the molecule is C#CCC(C)NCc1nc(-c2ccccc2)cs1. The first-order valence-electron chi connectivity index (χ1n) is 5.96. The van der Waals surface area contributed by atoms with E-state index in [4.69, 9.17) is 6.42 Å². The number of nitrogens with zero attached hydrogens (tertiary/aromatic N) is 1. The molecule has 3 heteroatoms. The lowest BCUT2D eigenvalue weighted by Crippen LogP contribution is -2.24. The first kappa shape index (κ1) is 12.8. The summed E-state index contributed by atoms with van der Waals surface area (Å²) in [5.41, 5.74) is 2.21. The van der Waals surface area contributed by atoms with Gasteiger partial charge in [-0.25, -0.2) is 4.98 Å². The van der Waals surface area contributed by atoms with Gasteiger partial charge < -0.3 is 5.32 Å². The number of nitrogens with one attached hydrogen (secondary N) is 1. The normalized spacial score (nSPS) is 12.0. The number of benzene rings is 1. The summed E-state index contributed by atoms with van der Waals surface area (Å²) in [7, 11) is 0. The van der Waals surface area contributed by atoms with Gasteiger partial charge in [0, 0.05) is 30.0 Å². The molecule has 0 fully saturated rings. The molecule has 0 spiro atoms. The van der Waals surface area contributed by atoms with Crippen molar-refractivity contribution in [3.05, 3.63) is 40.7 Å². The Balaban J connectivity index is 1.97. The van der Waals surface area contributed by atoms with E-state index < -0.39 is 0 Å². The summed E-state index contributed by atoms with van der Waals surface area (Å²) in [5.74, 6) is 2.66. The Labute approximate surface area is 112 Å². The molecule has 0 radical (unpaired) electrons. The van der Waals surface area contributed by atoms with Crippen LogP contribution in [0.2, 0.25) is 0 Å². The second kappa shape index (κ2) is 6.34. The topological polar surface area (TPSA) is 24.9 Å². The first-order valence-corrected chi connectivity index (χ1v) is 6.84. The summed E-state index contributed by atoms with van der Waals surface area (Å²) >= 11 is 1.68. The monoisotopic (exact) mass is 256 g/mol. The van der Waals surface area contributed by atoms with Gasteiger partial charge in [0.2, 0.25) is 0 Å². The summed E-state index contributed by atoms with van der Waals surface area (Å²) in [4.78, 5) is 4.62. The van der Waals surface area contributed by atoms with E-state index in [2.05, 4.69) is 40.7 Å². The average Bonchev–Trinajstić information content (AvgIpc) is 2.87. The average molecular weight is 256 g/mol. The van der Waals surface area contributed by atoms with E-state index in [0.29, 0.717) is 6.04 Å². The Hall–Kier alpha value is -1.63. The fourth-order valence-corrected chi connectivity index (χ4v) is 2.40. The third-order valence-corrected chi connectivity index (χ3v) is 3.50. The van der Waals surface area contributed by atoms with E-state index in [1.807, 2.05) is 18.2 Å². The van der Waals surface area contributed by atoms with Gasteiger partial charge in [-0.15, -0.1) is 23.7 Å². The highest BCUT2D eigenvalue weighted by Crippen LogP contribution is 2.21. The number of aromatic nitrogens is 1. The molecule has 2 nitrogen and oxygen atoms in total. The molecule has 2 aromatic rings. The Kier molecular flexibility index (Phi) is 4.52. The van der Waals surface area contributed by atoms with E-state index >= 15 is 0 Å². The first-order chi connectivity index (χ1) is 8.79. The molecule has 1 aromatic carbocycles. The molecule has 1 unspecified atom stereocenters. The third kappa shape index (κ3) is 3.43. The van der Waals surface area contributed by atoms with Gasteiger partial charge in [0.15, 0.2) is 0 Å². The number of rotatable bonds is 5. The smallest absolute Gasteiger partial charge is 0.107 e. The second-order valence-corrected chi connectivity index (χ2v) is 5.13. The third-order valence-electron chi connectivity index (χ3n) is 2.65. The molecule has 2 rings (SSSR count). The molecular weight excluding hydrogens is 240 g/mol. The van der Waals surface area contributed by atoms with Crippen molar-refractivity contribution in [1.82, 2.24) is 10.3 Å². The van der Waals surface area contributed by atoms with Crippen LogP contribution in [0.15, 0.2) is 35.7 Å². The van der Waals surface area contributed by atoms with Gasteiger partial charge in [0.25, 0.3) is 0 Å². The molecule has 0 aliphatic carbocycles. The van der Waals surface area contributed by atoms with Crippen molar-refractivity contribution in [1.29, 1.82) is 0 Å². The lowest BCUT2D eigenvalue weighted by atomic mass is 10.2. The van der Waals surface area contributed by atoms with Crippen molar-refractivity contribution in [2.45, 2.75) is 25.9 Å². The van der Waals surface area contributed by atoms with Crippen molar-refractivity contribution >= 4 is 11.3 Å². The molecule has 1 aromatic heterocycles. The lowest BCUT2D eigenvalue weighted by molar-refractivity contribution is 0.558. The van der Waals surface area contributed by atoms with Crippen LogP contribution in [0.1, 0.15) is 18.4 Å². The van der Waals surface area contributed by atoms with E-state index in [0.717, 1.165) is 29.2 Å². The number of hydrogen-bond acceptors (Lipinski definition) is 3. The highest BCUT2D eigenvalue weighted by atomic mass is 32.1. The van der Waals surface area contributed by atoms with Crippen LogP contribution >= 0.6 is 11.3 Å². The molecule has 92 valence electrons. The van der Waals surface area contributed by atoms with E-state index in [1.165, 1.54) is 0 Å². The predicted octanol–water partition coefficient (Wildman–Crippen LogP) is 3.31.